The molecule has 0 spiro atoms. The maximum atomic E-state index is 11.1. The molecule has 1 unspecified atom stereocenters. The zero-order valence-corrected chi connectivity index (χ0v) is 10.9. The SMILES string of the molecule is CCc1cc(CC(NC(C)=O)C(=O)O)n(CC)n1. The lowest BCUT2D eigenvalue weighted by Gasteiger charge is -2.13. The van der Waals surface area contributed by atoms with Crippen LogP contribution in [0.2, 0.25) is 0 Å². The number of amides is 1. The molecule has 0 saturated heterocycles. The van der Waals surface area contributed by atoms with Crippen molar-refractivity contribution in [1.29, 1.82) is 0 Å². The van der Waals surface area contributed by atoms with E-state index in [0.717, 1.165) is 17.8 Å². The number of carboxylic acid groups (broad SMARTS) is 1. The molecule has 0 aromatic carbocycles. The zero-order valence-electron chi connectivity index (χ0n) is 10.9. The smallest absolute Gasteiger partial charge is 0.326 e. The molecule has 6 heteroatoms. The number of hydrogen-bond acceptors (Lipinski definition) is 3. The third kappa shape index (κ3) is 3.58. The van der Waals surface area contributed by atoms with Crippen LogP contribution < -0.4 is 5.32 Å². The highest BCUT2D eigenvalue weighted by molar-refractivity contribution is 5.82. The van der Waals surface area contributed by atoms with Crippen molar-refractivity contribution in [3.05, 3.63) is 17.5 Å². The summed E-state index contributed by atoms with van der Waals surface area (Å²) in [5.74, 6) is -1.38. The lowest BCUT2D eigenvalue weighted by atomic mass is 10.1. The molecular formula is C12H19N3O3. The summed E-state index contributed by atoms with van der Waals surface area (Å²) in [6.07, 6.45) is 1.05. The van der Waals surface area contributed by atoms with E-state index in [-0.39, 0.29) is 12.3 Å². The first-order chi connectivity index (χ1) is 8.47. The van der Waals surface area contributed by atoms with Gasteiger partial charge in [0.1, 0.15) is 6.04 Å². The third-order valence-corrected chi connectivity index (χ3v) is 2.66. The topological polar surface area (TPSA) is 84.2 Å². The van der Waals surface area contributed by atoms with Gasteiger partial charge in [-0.15, -0.1) is 0 Å². The number of rotatable bonds is 6. The van der Waals surface area contributed by atoms with Crippen molar-refractivity contribution in [2.45, 2.75) is 46.2 Å². The van der Waals surface area contributed by atoms with Gasteiger partial charge in [0.25, 0.3) is 0 Å². The molecule has 1 amide bonds. The molecule has 18 heavy (non-hydrogen) atoms. The van der Waals surface area contributed by atoms with Crippen LogP contribution in [0.25, 0.3) is 0 Å². The monoisotopic (exact) mass is 253 g/mol. The average molecular weight is 253 g/mol. The molecule has 0 aliphatic rings. The predicted octanol–water partition coefficient (Wildman–Crippen LogP) is 0.597. The van der Waals surface area contributed by atoms with Crippen LogP contribution in [0, 0.1) is 0 Å². The van der Waals surface area contributed by atoms with Crippen LogP contribution in [-0.2, 0) is 29.0 Å². The molecule has 100 valence electrons. The summed E-state index contributed by atoms with van der Waals surface area (Å²) < 4.78 is 1.77. The van der Waals surface area contributed by atoms with Crippen molar-refractivity contribution in [3.8, 4) is 0 Å². The van der Waals surface area contributed by atoms with Gasteiger partial charge in [-0.25, -0.2) is 4.79 Å². The van der Waals surface area contributed by atoms with Crippen molar-refractivity contribution in [1.82, 2.24) is 15.1 Å². The van der Waals surface area contributed by atoms with Crippen molar-refractivity contribution in [2.75, 3.05) is 0 Å². The molecule has 1 heterocycles. The molecule has 0 saturated carbocycles. The summed E-state index contributed by atoms with van der Waals surface area (Å²) in [5, 5.41) is 15.8. The highest BCUT2D eigenvalue weighted by Crippen LogP contribution is 2.09. The Morgan fingerprint density at radius 1 is 1.50 bits per heavy atom. The quantitative estimate of drug-likeness (QED) is 0.777. The largest absolute Gasteiger partial charge is 0.480 e. The Bertz CT molecular complexity index is 440. The van der Waals surface area contributed by atoms with Gasteiger partial charge >= 0.3 is 5.97 Å². The van der Waals surface area contributed by atoms with E-state index >= 15 is 0 Å². The van der Waals surface area contributed by atoms with E-state index in [0.29, 0.717) is 6.54 Å². The first kappa shape index (κ1) is 14.2. The van der Waals surface area contributed by atoms with Gasteiger partial charge in [-0.3, -0.25) is 9.48 Å². The number of hydrogen-bond donors (Lipinski definition) is 2. The van der Waals surface area contributed by atoms with Crippen molar-refractivity contribution < 1.29 is 14.7 Å². The van der Waals surface area contributed by atoms with Gasteiger partial charge in [0, 0.05) is 25.6 Å². The zero-order chi connectivity index (χ0) is 13.7. The van der Waals surface area contributed by atoms with E-state index in [1.807, 2.05) is 19.9 Å². The Kier molecular flexibility index (Phi) is 4.88. The van der Waals surface area contributed by atoms with E-state index in [1.165, 1.54) is 6.92 Å². The minimum Gasteiger partial charge on any atom is -0.480 e. The van der Waals surface area contributed by atoms with E-state index in [4.69, 9.17) is 5.11 Å². The molecule has 0 fully saturated rings. The highest BCUT2D eigenvalue weighted by atomic mass is 16.4. The molecule has 1 aromatic rings. The standard InChI is InChI=1S/C12H19N3O3/c1-4-9-6-10(15(5-2)14-9)7-11(12(17)18)13-8(3)16/h6,11H,4-5,7H2,1-3H3,(H,13,16)(H,17,18). The molecule has 0 bridgehead atoms. The molecule has 1 atom stereocenters. The summed E-state index contributed by atoms with van der Waals surface area (Å²) >= 11 is 0. The van der Waals surface area contributed by atoms with Gasteiger partial charge in [0.2, 0.25) is 5.91 Å². The summed E-state index contributed by atoms with van der Waals surface area (Å²) in [6, 6.07) is 0.982. The van der Waals surface area contributed by atoms with Crippen molar-refractivity contribution in [3.63, 3.8) is 0 Å². The highest BCUT2D eigenvalue weighted by Gasteiger charge is 2.21. The van der Waals surface area contributed by atoms with E-state index < -0.39 is 12.0 Å². The lowest BCUT2D eigenvalue weighted by Crippen LogP contribution is -2.41. The number of nitrogens with one attached hydrogen (secondary N) is 1. The molecule has 1 rings (SSSR count). The number of nitrogens with zero attached hydrogens (tertiary/aromatic N) is 2. The van der Waals surface area contributed by atoms with Crippen LogP contribution in [0.1, 0.15) is 32.2 Å². The fraction of sp³-hybridized carbons (Fsp3) is 0.583. The number of carboxylic acids is 1. The number of carbonyl (C=O) groups excluding carboxylic acids is 1. The normalized spacial score (nSPS) is 12.2. The number of aryl methyl sites for hydroxylation is 2. The number of aromatic nitrogens is 2. The Labute approximate surface area is 106 Å². The van der Waals surface area contributed by atoms with E-state index in [1.54, 1.807) is 4.68 Å². The second-order valence-electron chi connectivity index (χ2n) is 4.09. The van der Waals surface area contributed by atoms with Gasteiger partial charge in [-0.05, 0) is 19.4 Å². The fourth-order valence-electron chi connectivity index (χ4n) is 1.78. The average Bonchev–Trinajstić information content (AvgIpc) is 2.69. The van der Waals surface area contributed by atoms with Crippen molar-refractivity contribution >= 4 is 11.9 Å². The minimum absolute atomic E-state index is 0.246. The third-order valence-electron chi connectivity index (χ3n) is 2.66. The van der Waals surface area contributed by atoms with Crippen LogP contribution in [-0.4, -0.2) is 32.8 Å². The molecule has 1 aromatic heterocycles. The van der Waals surface area contributed by atoms with Crippen LogP contribution in [0.4, 0.5) is 0 Å². The summed E-state index contributed by atoms with van der Waals surface area (Å²) in [6.45, 7) is 5.94. The molecule has 0 aliphatic carbocycles. The van der Waals surface area contributed by atoms with Crippen LogP contribution in [0.3, 0.4) is 0 Å². The first-order valence-electron chi connectivity index (χ1n) is 6.03. The fourth-order valence-corrected chi connectivity index (χ4v) is 1.78. The summed E-state index contributed by atoms with van der Waals surface area (Å²) in [5.41, 5.74) is 1.76. The Morgan fingerprint density at radius 2 is 2.17 bits per heavy atom. The molecular weight excluding hydrogens is 234 g/mol. The number of carbonyl (C=O) groups is 2. The minimum atomic E-state index is -1.04. The summed E-state index contributed by atoms with van der Waals surface area (Å²) in [7, 11) is 0. The molecule has 0 aliphatic heterocycles. The Morgan fingerprint density at radius 3 is 2.61 bits per heavy atom. The lowest BCUT2D eigenvalue weighted by molar-refractivity contribution is -0.141. The molecule has 6 nitrogen and oxygen atoms in total. The Balaban J connectivity index is 2.88. The number of aliphatic carboxylic acids is 1. The first-order valence-corrected chi connectivity index (χ1v) is 6.03. The van der Waals surface area contributed by atoms with Gasteiger partial charge in [-0.2, -0.15) is 5.10 Å². The van der Waals surface area contributed by atoms with Gasteiger partial charge in [0.15, 0.2) is 0 Å². The van der Waals surface area contributed by atoms with E-state index in [9.17, 15) is 9.59 Å². The van der Waals surface area contributed by atoms with Gasteiger partial charge in [-0.1, -0.05) is 6.92 Å². The van der Waals surface area contributed by atoms with Crippen LogP contribution in [0.5, 0.6) is 0 Å². The van der Waals surface area contributed by atoms with Crippen molar-refractivity contribution in [2.24, 2.45) is 0 Å². The molecule has 2 N–H and O–H groups in total. The maximum absolute atomic E-state index is 11.1. The molecule has 0 radical (unpaired) electrons. The second kappa shape index (κ2) is 6.18. The predicted molar refractivity (Wildman–Crippen MR) is 66.2 cm³/mol. The summed E-state index contributed by atoms with van der Waals surface area (Å²) in [4.78, 5) is 22.0. The van der Waals surface area contributed by atoms with Crippen LogP contribution in [0.15, 0.2) is 6.07 Å². The van der Waals surface area contributed by atoms with Crippen LogP contribution >= 0.6 is 0 Å². The Hall–Kier alpha value is -1.85. The van der Waals surface area contributed by atoms with E-state index in [2.05, 4.69) is 10.4 Å². The maximum Gasteiger partial charge on any atom is 0.326 e. The van der Waals surface area contributed by atoms with Gasteiger partial charge < -0.3 is 10.4 Å². The second-order valence-corrected chi connectivity index (χ2v) is 4.09. The van der Waals surface area contributed by atoms with Gasteiger partial charge in [0.05, 0.1) is 5.69 Å².